The number of thiocarbonyl (C=S) groups is 1. The number of hydrogen-bond donors (Lipinski definition) is 1. The number of carbonyl (C=O) groups excluding carboxylic acids is 1. The van der Waals surface area contributed by atoms with E-state index in [1.165, 1.54) is 0 Å². The maximum atomic E-state index is 11.9. The highest BCUT2D eigenvalue weighted by Crippen LogP contribution is 2.25. The lowest BCUT2D eigenvalue weighted by Crippen LogP contribution is -2.45. The van der Waals surface area contributed by atoms with Gasteiger partial charge in [0.05, 0.1) is 11.0 Å². The van der Waals surface area contributed by atoms with Crippen molar-refractivity contribution in [2.75, 3.05) is 6.54 Å². The summed E-state index contributed by atoms with van der Waals surface area (Å²) in [5, 5.41) is 0. The minimum Gasteiger partial charge on any atom is -0.444 e. The Morgan fingerprint density at radius 2 is 2.06 bits per heavy atom. The van der Waals surface area contributed by atoms with Crippen LogP contribution in [0.5, 0.6) is 0 Å². The largest absolute Gasteiger partial charge is 0.444 e. The number of rotatable bonds is 1. The fourth-order valence-corrected chi connectivity index (χ4v) is 2.06. The SMILES string of the molecule is C[C@H]1C[C@H](C(N)=S)N(C(=O)OC(C)(C)C)C1. The fraction of sp³-hybridized carbons (Fsp3) is 0.818. The maximum Gasteiger partial charge on any atom is 0.410 e. The van der Waals surface area contributed by atoms with Crippen LogP contribution in [0.25, 0.3) is 0 Å². The molecule has 1 rings (SSSR count). The van der Waals surface area contributed by atoms with Crippen molar-refractivity contribution in [1.82, 2.24) is 4.90 Å². The van der Waals surface area contributed by atoms with Gasteiger partial charge in [-0.3, -0.25) is 4.90 Å². The van der Waals surface area contributed by atoms with Crippen LogP contribution in [-0.2, 0) is 4.74 Å². The van der Waals surface area contributed by atoms with Crippen molar-refractivity contribution in [2.45, 2.75) is 45.8 Å². The van der Waals surface area contributed by atoms with Crippen LogP contribution in [0.2, 0.25) is 0 Å². The Morgan fingerprint density at radius 3 is 2.50 bits per heavy atom. The fourth-order valence-electron chi connectivity index (χ4n) is 1.84. The van der Waals surface area contributed by atoms with E-state index in [0.717, 1.165) is 6.42 Å². The Bertz CT molecular complexity index is 299. The van der Waals surface area contributed by atoms with Crippen LogP contribution < -0.4 is 5.73 Å². The lowest BCUT2D eigenvalue weighted by atomic mass is 10.1. The summed E-state index contributed by atoms with van der Waals surface area (Å²) in [5.41, 5.74) is 5.15. The van der Waals surface area contributed by atoms with E-state index in [2.05, 4.69) is 6.92 Å². The first-order valence-corrected chi connectivity index (χ1v) is 5.90. The second kappa shape index (κ2) is 4.57. The summed E-state index contributed by atoms with van der Waals surface area (Å²) in [5.74, 6) is 0.416. The molecule has 0 aliphatic carbocycles. The molecule has 1 saturated heterocycles. The monoisotopic (exact) mass is 244 g/mol. The molecular weight excluding hydrogens is 224 g/mol. The molecule has 0 aromatic carbocycles. The van der Waals surface area contributed by atoms with Gasteiger partial charge in [0.2, 0.25) is 0 Å². The maximum absolute atomic E-state index is 11.9. The summed E-state index contributed by atoms with van der Waals surface area (Å²) in [4.78, 5) is 13.9. The quantitative estimate of drug-likeness (QED) is 0.716. The molecule has 2 N–H and O–H groups in total. The Kier molecular flexibility index (Phi) is 3.78. The molecule has 0 radical (unpaired) electrons. The lowest BCUT2D eigenvalue weighted by molar-refractivity contribution is 0.0261. The first kappa shape index (κ1) is 13.2. The van der Waals surface area contributed by atoms with E-state index < -0.39 is 5.60 Å². The van der Waals surface area contributed by atoms with Crippen LogP contribution >= 0.6 is 12.2 Å². The van der Waals surface area contributed by atoms with Gasteiger partial charge >= 0.3 is 6.09 Å². The smallest absolute Gasteiger partial charge is 0.410 e. The summed E-state index contributed by atoms with van der Waals surface area (Å²) < 4.78 is 5.32. The first-order chi connectivity index (χ1) is 7.20. The van der Waals surface area contributed by atoms with Crippen molar-refractivity contribution in [1.29, 1.82) is 0 Å². The van der Waals surface area contributed by atoms with Gasteiger partial charge in [0.15, 0.2) is 0 Å². The first-order valence-electron chi connectivity index (χ1n) is 5.49. The summed E-state index contributed by atoms with van der Waals surface area (Å²) in [6.07, 6.45) is 0.504. The Labute approximate surface area is 102 Å². The van der Waals surface area contributed by atoms with E-state index in [1.54, 1.807) is 4.90 Å². The normalized spacial score (nSPS) is 25.6. The van der Waals surface area contributed by atoms with E-state index in [1.807, 2.05) is 20.8 Å². The van der Waals surface area contributed by atoms with Crippen LogP contribution in [-0.4, -0.2) is 34.2 Å². The van der Waals surface area contributed by atoms with Gasteiger partial charge in [0.25, 0.3) is 0 Å². The molecule has 1 aliphatic rings. The van der Waals surface area contributed by atoms with Crippen LogP contribution in [0.3, 0.4) is 0 Å². The van der Waals surface area contributed by atoms with Crippen molar-refractivity contribution in [3.8, 4) is 0 Å². The molecule has 16 heavy (non-hydrogen) atoms. The Morgan fingerprint density at radius 1 is 1.50 bits per heavy atom. The molecule has 0 bridgehead atoms. The van der Waals surface area contributed by atoms with Crippen LogP contribution in [0.15, 0.2) is 0 Å². The van der Waals surface area contributed by atoms with E-state index >= 15 is 0 Å². The third-order valence-corrected chi connectivity index (χ3v) is 2.74. The Hall–Kier alpha value is -0.840. The minimum absolute atomic E-state index is 0.153. The minimum atomic E-state index is -0.482. The van der Waals surface area contributed by atoms with Gasteiger partial charge in [-0.05, 0) is 33.1 Å². The summed E-state index contributed by atoms with van der Waals surface area (Å²) in [6.45, 7) is 8.28. The summed E-state index contributed by atoms with van der Waals surface area (Å²) in [7, 11) is 0. The molecule has 0 saturated carbocycles. The molecule has 5 heteroatoms. The molecule has 1 amide bonds. The summed E-state index contributed by atoms with van der Waals surface area (Å²) >= 11 is 4.97. The predicted octanol–water partition coefficient (Wildman–Crippen LogP) is 1.92. The van der Waals surface area contributed by atoms with Crippen molar-refractivity contribution >= 4 is 23.3 Å². The number of likely N-dealkylation sites (tertiary alicyclic amines) is 1. The van der Waals surface area contributed by atoms with Gasteiger partial charge in [-0.25, -0.2) is 4.79 Å². The molecule has 2 atom stereocenters. The van der Waals surface area contributed by atoms with Crippen molar-refractivity contribution < 1.29 is 9.53 Å². The number of nitrogens with zero attached hydrogens (tertiary/aromatic N) is 1. The number of amides is 1. The molecule has 1 heterocycles. The molecule has 1 fully saturated rings. The number of hydrogen-bond acceptors (Lipinski definition) is 3. The average Bonchev–Trinajstić information content (AvgIpc) is 2.44. The van der Waals surface area contributed by atoms with Gasteiger partial charge in [0, 0.05) is 6.54 Å². The molecule has 0 aromatic heterocycles. The van der Waals surface area contributed by atoms with Crippen molar-refractivity contribution in [3.05, 3.63) is 0 Å². The topological polar surface area (TPSA) is 55.6 Å². The number of nitrogens with two attached hydrogens (primary N) is 1. The lowest BCUT2D eigenvalue weighted by Gasteiger charge is -2.28. The highest BCUT2D eigenvalue weighted by Gasteiger charge is 2.37. The summed E-state index contributed by atoms with van der Waals surface area (Å²) in [6, 6.07) is -0.153. The van der Waals surface area contributed by atoms with E-state index in [9.17, 15) is 4.79 Å². The van der Waals surface area contributed by atoms with Crippen LogP contribution in [0.4, 0.5) is 4.79 Å². The zero-order valence-electron chi connectivity index (χ0n) is 10.3. The standard InChI is InChI=1S/C11H20N2O2S/c1-7-5-8(9(12)16)13(6-7)10(14)15-11(2,3)4/h7-8H,5-6H2,1-4H3,(H2,12,16)/t7-,8+/m0/s1. The predicted molar refractivity (Wildman–Crippen MR) is 67.3 cm³/mol. The van der Waals surface area contributed by atoms with Crippen molar-refractivity contribution in [3.63, 3.8) is 0 Å². The van der Waals surface area contributed by atoms with Gasteiger partial charge in [0.1, 0.15) is 5.60 Å². The highest BCUT2D eigenvalue weighted by atomic mass is 32.1. The third kappa shape index (κ3) is 3.33. The molecule has 4 nitrogen and oxygen atoms in total. The highest BCUT2D eigenvalue weighted by molar-refractivity contribution is 7.80. The van der Waals surface area contributed by atoms with Gasteiger partial charge in [-0.15, -0.1) is 0 Å². The van der Waals surface area contributed by atoms with Crippen molar-refractivity contribution in [2.24, 2.45) is 11.7 Å². The van der Waals surface area contributed by atoms with E-state index in [-0.39, 0.29) is 12.1 Å². The molecule has 0 spiro atoms. The van der Waals surface area contributed by atoms with Gasteiger partial charge < -0.3 is 10.5 Å². The number of ether oxygens (including phenoxy) is 1. The molecule has 0 aromatic rings. The van der Waals surface area contributed by atoms with Crippen LogP contribution in [0.1, 0.15) is 34.1 Å². The molecule has 0 unspecified atom stereocenters. The zero-order chi connectivity index (χ0) is 12.5. The third-order valence-electron chi connectivity index (χ3n) is 2.47. The molecular formula is C11H20N2O2S. The zero-order valence-corrected chi connectivity index (χ0v) is 11.1. The molecule has 92 valence electrons. The van der Waals surface area contributed by atoms with E-state index in [0.29, 0.717) is 17.5 Å². The Balaban J connectivity index is 2.71. The van der Waals surface area contributed by atoms with Gasteiger partial charge in [-0.2, -0.15) is 0 Å². The second-order valence-electron chi connectivity index (χ2n) is 5.39. The second-order valence-corrected chi connectivity index (χ2v) is 5.86. The van der Waals surface area contributed by atoms with E-state index in [4.69, 9.17) is 22.7 Å². The van der Waals surface area contributed by atoms with Crippen LogP contribution in [0, 0.1) is 5.92 Å². The van der Waals surface area contributed by atoms with Gasteiger partial charge in [-0.1, -0.05) is 19.1 Å². The average molecular weight is 244 g/mol. The molecule has 1 aliphatic heterocycles. The number of carbonyl (C=O) groups is 1.